The standard InChI is InChI=1S/C19H22N2O4/c22-18(21-11-5-8-15(13-21)19(23)24)10-4-9-17-20-12-16(25-17)14-6-2-1-3-7-14/h1-3,6-7,12,15H,4-5,8-11,13H2,(H,23,24)/t15-/m1/s1. The maximum atomic E-state index is 12.3. The van der Waals surface area contributed by atoms with E-state index in [2.05, 4.69) is 4.98 Å². The molecule has 0 aliphatic carbocycles. The Labute approximate surface area is 146 Å². The Morgan fingerprint density at radius 3 is 2.84 bits per heavy atom. The smallest absolute Gasteiger partial charge is 0.308 e. The van der Waals surface area contributed by atoms with E-state index in [4.69, 9.17) is 9.52 Å². The number of hydrogen-bond donors (Lipinski definition) is 1. The van der Waals surface area contributed by atoms with Crippen molar-refractivity contribution >= 4 is 11.9 Å². The zero-order valence-corrected chi connectivity index (χ0v) is 14.1. The average Bonchev–Trinajstić information content (AvgIpc) is 3.11. The fourth-order valence-corrected chi connectivity index (χ4v) is 3.12. The lowest BCUT2D eigenvalue weighted by molar-refractivity contribution is -0.145. The van der Waals surface area contributed by atoms with Gasteiger partial charge in [0.25, 0.3) is 0 Å². The van der Waals surface area contributed by atoms with Gasteiger partial charge in [0.05, 0.1) is 12.1 Å². The number of hydrogen-bond acceptors (Lipinski definition) is 4. The summed E-state index contributed by atoms with van der Waals surface area (Å²) in [5, 5.41) is 9.10. The van der Waals surface area contributed by atoms with Gasteiger partial charge in [-0.1, -0.05) is 30.3 Å². The highest BCUT2D eigenvalue weighted by Gasteiger charge is 2.27. The van der Waals surface area contributed by atoms with Crippen molar-refractivity contribution in [2.45, 2.75) is 32.1 Å². The van der Waals surface area contributed by atoms with Gasteiger partial charge in [-0.3, -0.25) is 9.59 Å². The summed E-state index contributed by atoms with van der Waals surface area (Å²) in [6, 6.07) is 9.76. The van der Waals surface area contributed by atoms with Crippen LogP contribution in [0.25, 0.3) is 11.3 Å². The summed E-state index contributed by atoms with van der Waals surface area (Å²) in [5.74, 6) is 0.111. The Morgan fingerprint density at radius 2 is 2.08 bits per heavy atom. The molecule has 25 heavy (non-hydrogen) atoms. The van der Waals surface area contributed by atoms with Crippen LogP contribution in [0.1, 0.15) is 31.6 Å². The van der Waals surface area contributed by atoms with Crippen LogP contribution >= 0.6 is 0 Å². The van der Waals surface area contributed by atoms with Gasteiger partial charge in [0, 0.05) is 31.5 Å². The minimum Gasteiger partial charge on any atom is -0.481 e. The third kappa shape index (κ3) is 4.47. The van der Waals surface area contributed by atoms with Crippen LogP contribution in [0.15, 0.2) is 40.9 Å². The Hall–Kier alpha value is -2.63. The van der Waals surface area contributed by atoms with Gasteiger partial charge in [-0.15, -0.1) is 0 Å². The van der Waals surface area contributed by atoms with Crippen molar-refractivity contribution in [1.29, 1.82) is 0 Å². The highest BCUT2D eigenvalue weighted by Crippen LogP contribution is 2.21. The SMILES string of the molecule is O=C(O)[C@@H]1CCCN(C(=O)CCCc2ncc(-c3ccccc3)o2)C1. The Kier molecular flexibility index (Phi) is 5.48. The lowest BCUT2D eigenvalue weighted by atomic mass is 9.98. The molecule has 1 atom stereocenters. The third-order valence-electron chi connectivity index (χ3n) is 4.52. The minimum atomic E-state index is -0.814. The highest BCUT2D eigenvalue weighted by atomic mass is 16.4. The molecule has 1 aliphatic rings. The average molecular weight is 342 g/mol. The number of aryl methyl sites for hydroxylation is 1. The van der Waals surface area contributed by atoms with Crippen molar-refractivity contribution in [3.63, 3.8) is 0 Å². The number of rotatable bonds is 6. The van der Waals surface area contributed by atoms with E-state index >= 15 is 0 Å². The van der Waals surface area contributed by atoms with E-state index in [0.717, 1.165) is 17.7 Å². The molecule has 2 aromatic rings. The zero-order valence-electron chi connectivity index (χ0n) is 14.1. The van der Waals surface area contributed by atoms with E-state index in [1.165, 1.54) is 0 Å². The number of aromatic nitrogens is 1. The summed E-state index contributed by atoms with van der Waals surface area (Å²) in [5.41, 5.74) is 0.977. The number of benzene rings is 1. The molecule has 1 aromatic carbocycles. The zero-order chi connectivity index (χ0) is 17.6. The number of piperidine rings is 1. The van der Waals surface area contributed by atoms with Crippen LogP contribution in [0.3, 0.4) is 0 Å². The van der Waals surface area contributed by atoms with E-state index in [1.54, 1.807) is 11.1 Å². The molecule has 0 radical (unpaired) electrons. The molecule has 6 nitrogen and oxygen atoms in total. The molecule has 3 rings (SSSR count). The summed E-state index contributed by atoms with van der Waals surface area (Å²) < 4.78 is 5.73. The molecule has 0 saturated carbocycles. The van der Waals surface area contributed by atoms with Crippen molar-refractivity contribution in [3.05, 3.63) is 42.4 Å². The highest BCUT2D eigenvalue weighted by molar-refractivity contribution is 5.78. The normalized spacial score (nSPS) is 17.4. The molecule has 0 bridgehead atoms. The van der Waals surface area contributed by atoms with Gasteiger partial charge in [0.1, 0.15) is 0 Å². The van der Waals surface area contributed by atoms with Crippen LogP contribution in [0, 0.1) is 5.92 Å². The van der Waals surface area contributed by atoms with Crippen LogP contribution in [-0.4, -0.2) is 40.0 Å². The van der Waals surface area contributed by atoms with Crippen LogP contribution in [-0.2, 0) is 16.0 Å². The first kappa shape index (κ1) is 17.2. The summed E-state index contributed by atoms with van der Waals surface area (Å²) in [4.78, 5) is 29.3. The fourth-order valence-electron chi connectivity index (χ4n) is 3.12. The van der Waals surface area contributed by atoms with Gasteiger partial charge < -0.3 is 14.4 Å². The predicted molar refractivity (Wildman–Crippen MR) is 91.8 cm³/mol. The van der Waals surface area contributed by atoms with Gasteiger partial charge in [0.2, 0.25) is 5.91 Å². The Bertz CT molecular complexity index is 726. The molecule has 0 unspecified atom stereocenters. The number of amides is 1. The quantitative estimate of drug-likeness (QED) is 0.872. The maximum Gasteiger partial charge on any atom is 0.308 e. The number of carboxylic acid groups (broad SMARTS) is 1. The summed E-state index contributed by atoms with van der Waals surface area (Å²) in [6.07, 6.45) is 4.72. The molecule has 0 spiro atoms. The molecule has 1 N–H and O–H groups in total. The fraction of sp³-hybridized carbons (Fsp3) is 0.421. The predicted octanol–water partition coefficient (Wildman–Crippen LogP) is 2.99. The van der Waals surface area contributed by atoms with Gasteiger partial charge in [-0.05, 0) is 19.3 Å². The molecule has 2 heterocycles. The Morgan fingerprint density at radius 1 is 1.28 bits per heavy atom. The van der Waals surface area contributed by atoms with Gasteiger partial charge in [0.15, 0.2) is 11.7 Å². The van der Waals surface area contributed by atoms with Crippen LogP contribution in [0.2, 0.25) is 0 Å². The van der Waals surface area contributed by atoms with E-state index in [0.29, 0.717) is 44.7 Å². The number of carboxylic acids is 1. The lowest BCUT2D eigenvalue weighted by Gasteiger charge is -2.30. The first-order chi connectivity index (χ1) is 12.1. The summed E-state index contributed by atoms with van der Waals surface area (Å²) in [7, 11) is 0. The number of carbonyl (C=O) groups excluding carboxylic acids is 1. The van der Waals surface area contributed by atoms with Gasteiger partial charge in [-0.2, -0.15) is 0 Å². The molecular weight excluding hydrogens is 320 g/mol. The third-order valence-corrected chi connectivity index (χ3v) is 4.52. The summed E-state index contributed by atoms with van der Waals surface area (Å²) >= 11 is 0. The molecule has 6 heteroatoms. The number of likely N-dealkylation sites (tertiary alicyclic amines) is 1. The van der Waals surface area contributed by atoms with Crippen LogP contribution in [0.4, 0.5) is 0 Å². The number of oxazole rings is 1. The first-order valence-corrected chi connectivity index (χ1v) is 8.64. The largest absolute Gasteiger partial charge is 0.481 e. The van der Waals surface area contributed by atoms with Crippen molar-refractivity contribution in [3.8, 4) is 11.3 Å². The molecule has 1 aromatic heterocycles. The van der Waals surface area contributed by atoms with Gasteiger partial charge in [-0.25, -0.2) is 4.98 Å². The maximum absolute atomic E-state index is 12.3. The van der Waals surface area contributed by atoms with Crippen molar-refractivity contribution in [2.24, 2.45) is 5.92 Å². The summed E-state index contributed by atoms with van der Waals surface area (Å²) in [6.45, 7) is 0.977. The monoisotopic (exact) mass is 342 g/mol. The van der Waals surface area contributed by atoms with E-state index in [-0.39, 0.29) is 5.91 Å². The second-order valence-corrected chi connectivity index (χ2v) is 6.35. The van der Waals surface area contributed by atoms with Gasteiger partial charge >= 0.3 is 5.97 Å². The minimum absolute atomic E-state index is 0.0146. The first-order valence-electron chi connectivity index (χ1n) is 8.64. The molecule has 1 fully saturated rings. The van der Waals surface area contributed by atoms with Crippen molar-refractivity contribution in [1.82, 2.24) is 9.88 Å². The topological polar surface area (TPSA) is 83.6 Å². The molecule has 1 amide bonds. The van der Waals surface area contributed by atoms with Crippen molar-refractivity contribution in [2.75, 3.05) is 13.1 Å². The number of carbonyl (C=O) groups is 2. The molecule has 1 aliphatic heterocycles. The Balaban J connectivity index is 1.47. The van der Waals surface area contributed by atoms with Crippen LogP contribution in [0.5, 0.6) is 0 Å². The molecular formula is C19H22N2O4. The lowest BCUT2D eigenvalue weighted by Crippen LogP contribution is -2.42. The second kappa shape index (κ2) is 7.96. The molecule has 1 saturated heterocycles. The van der Waals surface area contributed by atoms with E-state index in [9.17, 15) is 9.59 Å². The van der Waals surface area contributed by atoms with E-state index < -0.39 is 11.9 Å². The second-order valence-electron chi connectivity index (χ2n) is 6.35. The number of nitrogens with zero attached hydrogens (tertiary/aromatic N) is 2. The number of aliphatic carboxylic acids is 1. The molecule has 132 valence electrons. The van der Waals surface area contributed by atoms with E-state index in [1.807, 2.05) is 30.3 Å². The van der Waals surface area contributed by atoms with Crippen molar-refractivity contribution < 1.29 is 19.1 Å². The van der Waals surface area contributed by atoms with Crippen LogP contribution < -0.4 is 0 Å².